The van der Waals surface area contributed by atoms with Gasteiger partial charge in [0.1, 0.15) is 17.5 Å². The number of carbonyl (C=O) groups is 1. The quantitative estimate of drug-likeness (QED) is 0.594. The van der Waals surface area contributed by atoms with Gasteiger partial charge in [-0.1, -0.05) is 22.0 Å². The van der Waals surface area contributed by atoms with E-state index >= 15 is 0 Å². The lowest BCUT2D eigenvalue weighted by molar-refractivity contribution is -0.127. The standard InChI is InChI=1S/C20H18BrFN4O/c21-16-2-1-3-18(12-16)24-14-15(13-23)20(27)26-10-8-25(9-11-26)19-6-4-17(22)5-7-19/h1-7,12,14,24H,8-11H2/b15-14-. The van der Waals surface area contributed by atoms with E-state index < -0.39 is 0 Å². The van der Waals surface area contributed by atoms with E-state index in [0.29, 0.717) is 26.2 Å². The van der Waals surface area contributed by atoms with Gasteiger partial charge in [0.25, 0.3) is 5.91 Å². The van der Waals surface area contributed by atoms with E-state index in [1.165, 1.54) is 18.3 Å². The highest BCUT2D eigenvalue weighted by Gasteiger charge is 2.23. The second-order valence-electron chi connectivity index (χ2n) is 6.08. The highest BCUT2D eigenvalue weighted by atomic mass is 79.9. The van der Waals surface area contributed by atoms with Crippen LogP contribution in [0.3, 0.4) is 0 Å². The molecule has 1 amide bonds. The molecule has 0 aliphatic carbocycles. The predicted molar refractivity (Wildman–Crippen MR) is 107 cm³/mol. The molecule has 3 rings (SSSR count). The van der Waals surface area contributed by atoms with Crippen LogP contribution < -0.4 is 10.2 Å². The molecule has 27 heavy (non-hydrogen) atoms. The highest BCUT2D eigenvalue weighted by molar-refractivity contribution is 9.10. The topological polar surface area (TPSA) is 59.4 Å². The molecule has 0 spiro atoms. The molecule has 1 fully saturated rings. The number of hydrogen-bond donors (Lipinski definition) is 1. The smallest absolute Gasteiger partial charge is 0.266 e. The van der Waals surface area contributed by atoms with E-state index in [9.17, 15) is 14.4 Å². The van der Waals surface area contributed by atoms with Crippen LogP contribution in [0.1, 0.15) is 0 Å². The highest BCUT2D eigenvalue weighted by Crippen LogP contribution is 2.18. The molecule has 0 saturated carbocycles. The van der Waals surface area contributed by atoms with Gasteiger partial charge in [0.15, 0.2) is 0 Å². The molecular formula is C20H18BrFN4O. The Morgan fingerprint density at radius 3 is 2.48 bits per heavy atom. The zero-order chi connectivity index (χ0) is 19.2. The number of carbonyl (C=O) groups excluding carboxylic acids is 1. The zero-order valence-corrected chi connectivity index (χ0v) is 16.1. The number of anilines is 2. The Hall–Kier alpha value is -2.85. The van der Waals surface area contributed by atoms with Crippen molar-refractivity contribution in [2.24, 2.45) is 0 Å². The SMILES string of the molecule is N#C/C(=C/Nc1cccc(Br)c1)C(=O)N1CCN(c2ccc(F)cc2)CC1. The summed E-state index contributed by atoms with van der Waals surface area (Å²) in [6.45, 7) is 2.28. The van der Waals surface area contributed by atoms with Crippen LogP contribution in [0.15, 0.2) is 64.8 Å². The number of benzene rings is 2. The van der Waals surface area contributed by atoms with E-state index in [1.807, 2.05) is 30.3 Å². The number of halogens is 2. The second kappa shape index (κ2) is 8.69. The van der Waals surface area contributed by atoms with E-state index in [0.717, 1.165) is 15.8 Å². The Morgan fingerprint density at radius 1 is 1.15 bits per heavy atom. The van der Waals surface area contributed by atoms with E-state index in [4.69, 9.17) is 0 Å². The Labute approximate surface area is 165 Å². The van der Waals surface area contributed by atoms with Crippen LogP contribution in [0.2, 0.25) is 0 Å². The lowest BCUT2D eigenvalue weighted by atomic mass is 10.2. The summed E-state index contributed by atoms with van der Waals surface area (Å²) in [5.74, 6) is -0.562. The number of piperazine rings is 1. The molecule has 2 aromatic rings. The van der Waals surface area contributed by atoms with Gasteiger partial charge in [-0.25, -0.2) is 4.39 Å². The van der Waals surface area contributed by atoms with Crippen molar-refractivity contribution in [2.45, 2.75) is 0 Å². The Balaban J connectivity index is 1.60. The summed E-state index contributed by atoms with van der Waals surface area (Å²) in [5, 5.41) is 12.3. The van der Waals surface area contributed by atoms with Crippen LogP contribution >= 0.6 is 15.9 Å². The van der Waals surface area contributed by atoms with Crippen molar-refractivity contribution in [3.63, 3.8) is 0 Å². The maximum absolute atomic E-state index is 13.1. The van der Waals surface area contributed by atoms with Gasteiger partial charge < -0.3 is 15.1 Å². The Kier molecular flexibility index (Phi) is 6.09. The van der Waals surface area contributed by atoms with Crippen LogP contribution in [0.4, 0.5) is 15.8 Å². The summed E-state index contributed by atoms with van der Waals surface area (Å²) >= 11 is 3.38. The average Bonchev–Trinajstić information content (AvgIpc) is 2.69. The van der Waals surface area contributed by atoms with Crippen molar-refractivity contribution in [3.05, 3.63) is 70.6 Å². The number of amides is 1. The minimum atomic E-state index is -0.293. The summed E-state index contributed by atoms with van der Waals surface area (Å²) in [5.41, 5.74) is 1.77. The van der Waals surface area contributed by atoms with Gasteiger partial charge in [-0.15, -0.1) is 0 Å². The first-order valence-electron chi connectivity index (χ1n) is 8.49. The van der Waals surface area contributed by atoms with Gasteiger partial charge in [-0.2, -0.15) is 5.26 Å². The predicted octanol–water partition coefficient (Wildman–Crippen LogP) is 3.76. The van der Waals surface area contributed by atoms with Crippen molar-refractivity contribution in [3.8, 4) is 6.07 Å². The first kappa shape index (κ1) is 18.9. The van der Waals surface area contributed by atoms with Crippen LogP contribution in [-0.2, 0) is 4.79 Å². The van der Waals surface area contributed by atoms with Gasteiger partial charge in [-0.05, 0) is 42.5 Å². The Morgan fingerprint density at radius 2 is 1.85 bits per heavy atom. The maximum Gasteiger partial charge on any atom is 0.266 e. The molecule has 0 atom stereocenters. The first-order valence-corrected chi connectivity index (χ1v) is 9.28. The van der Waals surface area contributed by atoms with Crippen molar-refractivity contribution in [1.82, 2.24) is 4.90 Å². The number of nitrogens with zero attached hydrogens (tertiary/aromatic N) is 3. The summed E-state index contributed by atoms with van der Waals surface area (Å²) in [6, 6.07) is 15.8. The second-order valence-corrected chi connectivity index (χ2v) is 7.00. The molecule has 7 heteroatoms. The molecule has 138 valence electrons. The molecule has 0 bridgehead atoms. The molecule has 1 heterocycles. The summed E-state index contributed by atoms with van der Waals surface area (Å²) < 4.78 is 14.0. The van der Waals surface area contributed by atoms with E-state index in [2.05, 4.69) is 26.1 Å². The summed E-state index contributed by atoms with van der Waals surface area (Å²) in [7, 11) is 0. The maximum atomic E-state index is 13.1. The molecule has 1 N–H and O–H groups in total. The van der Waals surface area contributed by atoms with E-state index in [-0.39, 0.29) is 17.3 Å². The van der Waals surface area contributed by atoms with Crippen molar-refractivity contribution < 1.29 is 9.18 Å². The minimum absolute atomic E-state index is 0.0604. The third-order valence-electron chi connectivity index (χ3n) is 4.32. The fraction of sp³-hybridized carbons (Fsp3) is 0.200. The summed E-state index contributed by atoms with van der Waals surface area (Å²) in [6.07, 6.45) is 1.44. The minimum Gasteiger partial charge on any atom is -0.368 e. The largest absolute Gasteiger partial charge is 0.368 e. The molecule has 2 aromatic carbocycles. The van der Waals surface area contributed by atoms with Gasteiger partial charge in [0.2, 0.25) is 0 Å². The fourth-order valence-corrected chi connectivity index (χ4v) is 3.26. The van der Waals surface area contributed by atoms with Crippen LogP contribution in [0, 0.1) is 17.1 Å². The number of rotatable bonds is 4. The van der Waals surface area contributed by atoms with Crippen LogP contribution in [0.25, 0.3) is 0 Å². The number of nitrogens with one attached hydrogen (secondary N) is 1. The Bertz CT molecular complexity index is 884. The lowest BCUT2D eigenvalue weighted by Crippen LogP contribution is -2.49. The van der Waals surface area contributed by atoms with Crippen molar-refractivity contribution in [2.75, 3.05) is 36.4 Å². The molecule has 0 radical (unpaired) electrons. The summed E-state index contributed by atoms with van der Waals surface area (Å²) in [4.78, 5) is 16.4. The van der Waals surface area contributed by atoms with Gasteiger partial charge in [0, 0.05) is 48.2 Å². The van der Waals surface area contributed by atoms with E-state index in [1.54, 1.807) is 17.0 Å². The van der Waals surface area contributed by atoms with Gasteiger partial charge in [-0.3, -0.25) is 4.79 Å². The first-order chi connectivity index (χ1) is 13.1. The van der Waals surface area contributed by atoms with Crippen LogP contribution in [0.5, 0.6) is 0 Å². The van der Waals surface area contributed by atoms with Gasteiger partial charge >= 0.3 is 0 Å². The third kappa shape index (κ3) is 4.86. The lowest BCUT2D eigenvalue weighted by Gasteiger charge is -2.36. The number of hydrogen-bond acceptors (Lipinski definition) is 4. The van der Waals surface area contributed by atoms with Gasteiger partial charge in [0.05, 0.1) is 0 Å². The molecule has 1 aliphatic heterocycles. The normalized spacial score (nSPS) is 14.6. The van der Waals surface area contributed by atoms with Crippen molar-refractivity contribution in [1.29, 1.82) is 5.26 Å². The molecule has 5 nitrogen and oxygen atoms in total. The molecule has 1 saturated heterocycles. The number of nitriles is 1. The van der Waals surface area contributed by atoms with Crippen LogP contribution in [-0.4, -0.2) is 37.0 Å². The zero-order valence-electron chi connectivity index (χ0n) is 14.5. The molecule has 0 aromatic heterocycles. The molecule has 1 aliphatic rings. The molecular weight excluding hydrogens is 411 g/mol. The third-order valence-corrected chi connectivity index (χ3v) is 4.81. The average molecular weight is 429 g/mol. The molecule has 0 unspecified atom stereocenters. The monoisotopic (exact) mass is 428 g/mol. The van der Waals surface area contributed by atoms with Crippen molar-refractivity contribution >= 4 is 33.2 Å². The fourth-order valence-electron chi connectivity index (χ4n) is 2.87.